The van der Waals surface area contributed by atoms with E-state index in [9.17, 15) is 17.6 Å². The summed E-state index contributed by atoms with van der Waals surface area (Å²) in [5.74, 6) is -0.702. The van der Waals surface area contributed by atoms with Gasteiger partial charge in [0, 0.05) is 45.3 Å². The summed E-state index contributed by atoms with van der Waals surface area (Å²) in [6.07, 6.45) is -4.45. The standard InChI is InChI=1S/C14H19F4N3O/c15-11-1-2-12(13(9-11)22-10-14(16,17)18)21-7-5-20(4-3-19)6-8-21/h1-2,9H,3-8,10,19H2. The average Bonchev–Trinajstić information content (AvgIpc) is 2.46. The largest absolute Gasteiger partial charge is 0.482 e. The van der Waals surface area contributed by atoms with Crippen molar-refractivity contribution >= 4 is 5.69 Å². The second-order valence-corrected chi connectivity index (χ2v) is 5.13. The molecule has 1 aliphatic rings. The van der Waals surface area contributed by atoms with Gasteiger partial charge < -0.3 is 15.4 Å². The summed E-state index contributed by atoms with van der Waals surface area (Å²) in [6, 6.07) is 3.68. The van der Waals surface area contributed by atoms with Crippen LogP contribution < -0.4 is 15.4 Å². The molecule has 0 aliphatic carbocycles. The Morgan fingerprint density at radius 2 is 1.82 bits per heavy atom. The van der Waals surface area contributed by atoms with Crippen molar-refractivity contribution in [3.63, 3.8) is 0 Å². The minimum atomic E-state index is -4.45. The number of nitrogens with zero attached hydrogens (tertiary/aromatic N) is 2. The second kappa shape index (κ2) is 7.15. The molecule has 2 N–H and O–H groups in total. The predicted octanol–water partition coefficient (Wildman–Crippen LogP) is 1.85. The summed E-state index contributed by atoms with van der Waals surface area (Å²) in [5, 5.41) is 0. The molecule has 0 aromatic heterocycles. The number of rotatable bonds is 5. The number of piperazine rings is 1. The molecule has 0 radical (unpaired) electrons. The lowest BCUT2D eigenvalue weighted by molar-refractivity contribution is -0.153. The summed E-state index contributed by atoms with van der Waals surface area (Å²) in [4.78, 5) is 4.08. The molecule has 0 bridgehead atoms. The van der Waals surface area contributed by atoms with Crippen LogP contribution >= 0.6 is 0 Å². The Kier molecular flexibility index (Phi) is 5.47. The molecule has 22 heavy (non-hydrogen) atoms. The first kappa shape index (κ1) is 16.8. The van der Waals surface area contributed by atoms with Crippen molar-refractivity contribution in [1.82, 2.24) is 4.90 Å². The number of benzene rings is 1. The third-order valence-electron chi connectivity index (χ3n) is 3.47. The van der Waals surface area contributed by atoms with Gasteiger partial charge in [0.1, 0.15) is 11.6 Å². The fourth-order valence-electron chi connectivity index (χ4n) is 2.42. The Bertz CT molecular complexity index is 487. The van der Waals surface area contributed by atoms with Crippen LogP contribution in [0, 0.1) is 5.82 Å². The Hall–Kier alpha value is -1.54. The zero-order valence-corrected chi connectivity index (χ0v) is 12.1. The van der Waals surface area contributed by atoms with Crippen LogP contribution in [-0.2, 0) is 0 Å². The summed E-state index contributed by atoms with van der Waals surface area (Å²) in [5.41, 5.74) is 5.99. The lowest BCUT2D eigenvalue weighted by Crippen LogP contribution is -2.47. The van der Waals surface area contributed by atoms with Gasteiger partial charge in [-0.2, -0.15) is 13.2 Å². The highest BCUT2D eigenvalue weighted by atomic mass is 19.4. The monoisotopic (exact) mass is 321 g/mol. The molecule has 1 saturated heterocycles. The molecule has 1 aliphatic heterocycles. The molecule has 2 rings (SSSR count). The van der Waals surface area contributed by atoms with E-state index in [0.29, 0.717) is 25.3 Å². The van der Waals surface area contributed by atoms with Gasteiger partial charge in [0.15, 0.2) is 6.61 Å². The van der Waals surface area contributed by atoms with E-state index in [1.165, 1.54) is 12.1 Å². The van der Waals surface area contributed by atoms with Crippen LogP contribution in [0.3, 0.4) is 0 Å². The van der Waals surface area contributed by atoms with Gasteiger partial charge in [-0.15, -0.1) is 0 Å². The molecule has 4 nitrogen and oxygen atoms in total. The zero-order chi connectivity index (χ0) is 16.2. The van der Waals surface area contributed by atoms with E-state index < -0.39 is 18.6 Å². The van der Waals surface area contributed by atoms with Crippen LogP contribution in [0.25, 0.3) is 0 Å². The van der Waals surface area contributed by atoms with Crippen LogP contribution in [0.1, 0.15) is 0 Å². The maximum absolute atomic E-state index is 13.3. The SMILES string of the molecule is NCCN1CCN(c2ccc(F)cc2OCC(F)(F)F)CC1. The molecule has 1 fully saturated rings. The van der Waals surface area contributed by atoms with E-state index in [0.717, 1.165) is 25.7 Å². The van der Waals surface area contributed by atoms with Crippen molar-refractivity contribution in [2.75, 3.05) is 50.8 Å². The quantitative estimate of drug-likeness (QED) is 0.841. The number of hydrogen-bond donors (Lipinski definition) is 1. The number of halogens is 4. The maximum Gasteiger partial charge on any atom is 0.422 e. The van der Waals surface area contributed by atoms with Gasteiger partial charge in [-0.25, -0.2) is 4.39 Å². The summed E-state index contributed by atoms with van der Waals surface area (Å²) in [6.45, 7) is 2.70. The van der Waals surface area contributed by atoms with Crippen molar-refractivity contribution in [1.29, 1.82) is 0 Å². The second-order valence-electron chi connectivity index (χ2n) is 5.13. The first-order valence-corrected chi connectivity index (χ1v) is 7.05. The molecule has 124 valence electrons. The highest BCUT2D eigenvalue weighted by Gasteiger charge is 2.29. The molecule has 0 saturated carbocycles. The number of hydrogen-bond acceptors (Lipinski definition) is 4. The summed E-state index contributed by atoms with van der Waals surface area (Å²) < 4.78 is 55.0. The first-order chi connectivity index (χ1) is 10.4. The molecule has 1 heterocycles. The number of nitrogens with two attached hydrogens (primary N) is 1. The highest BCUT2D eigenvalue weighted by molar-refractivity contribution is 5.59. The fourth-order valence-corrected chi connectivity index (χ4v) is 2.42. The minimum Gasteiger partial charge on any atom is -0.482 e. The van der Waals surface area contributed by atoms with E-state index in [1.807, 2.05) is 4.90 Å². The van der Waals surface area contributed by atoms with Crippen molar-refractivity contribution in [3.05, 3.63) is 24.0 Å². The van der Waals surface area contributed by atoms with Crippen LogP contribution in [-0.4, -0.2) is 57.0 Å². The van der Waals surface area contributed by atoms with Crippen LogP contribution in [0.2, 0.25) is 0 Å². The fraction of sp³-hybridized carbons (Fsp3) is 0.571. The molecular weight excluding hydrogens is 302 g/mol. The van der Waals surface area contributed by atoms with E-state index in [-0.39, 0.29) is 5.75 Å². The Morgan fingerprint density at radius 1 is 1.14 bits per heavy atom. The highest BCUT2D eigenvalue weighted by Crippen LogP contribution is 2.31. The summed E-state index contributed by atoms with van der Waals surface area (Å²) in [7, 11) is 0. The third-order valence-corrected chi connectivity index (χ3v) is 3.47. The van der Waals surface area contributed by atoms with Crippen molar-refractivity contribution < 1.29 is 22.3 Å². The third kappa shape index (κ3) is 4.74. The lowest BCUT2D eigenvalue weighted by Gasteiger charge is -2.36. The molecule has 8 heteroatoms. The number of ether oxygens (including phenoxy) is 1. The Morgan fingerprint density at radius 3 is 2.41 bits per heavy atom. The smallest absolute Gasteiger partial charge is 0.422 e. The number of alkyl halides is 3. The van der Waals surface area contributed by atoms with Gasteiger partial charge >= 0.3 is 6.18 Å². The minimum absolute atomic E-state index is 0.0791. The lowest BCUT2D eigenvalue weighted by atomic mass is 10.2. The Labute approximate surface area is 126 Å². The average molecular weight is 321 g/mol. The maximum atomic E-state index is 13.3. The van der Waals surface area contributed by atoms with Gasteiger partial charge in [-0.05, 0) is 12.1 Å². The van der Waals surface area contributed by atoms with E-state index >= 15 is 0 Å². The van der Waals surface area contributed by atoms with E-state index in [2.05, 4.69) is 4.90 Å². The van der Waals surface area contributed by atoms with Crippen molar-refractivity contribution in [3.8, 4) is 5.75 Å². The molecular formula is C14H19F4N3O. The normalized spacial score (nSPS) is 16.9. The van der Waals surface area contributed by atoms with Gasteiger partial charge in [0.05, 0.1) is 5.69 Å². The molecule has 0 spiro atoms. The molecule has 0 atom stereocenters. The molecule has 0 unspecified atom stereocenters. The van der Waals surface area contributed by atoms with Gasteiger partial charge in [-0.1, -0.05) is 0 Å². The topological polar surface area (TPSA) is 41.7 Å². The first-order valence-electron chi connectivity index (χ1n) is 7.05. The van der Waals surface area contributed by atoms with Crippen LogP contribution in [0.15, 0.2) is 18.2 Å². The van der Waals surface area contributed by atoms with E-state index in [4.69, 9.17) is 10.5 Å². The number of anilines is 1. The zero-order valence-electron chi connectivity index (χ0n) is 12.1. The predicted molar refractivity (Wildman–Crippen MR) is 75.7 cm³/mol. The Balaban J connectivity index is 2.07. The van der Waals surface area contributed by atoms with Gasteiger partial charge in [-0.3, -0.25) is 4.90 Å². The van der Waals surface area contributed by atoms with Gasteiger partial charge in [0.2, 0.25) is 0 Å². The summed E-state index contributed by atoms with van der Waals surface area (Å²) >= 11 is 0. The van der Waals surface area contributed by atoms with Crippen LogP contribution in [0.5, 0.6) is 5.75 Å². The van der Waals surface area contributed by atoms with Crippen molar-refractivity contribution in [2.45, 2.75) is 6.18 Å². The van der Waals surface area contributed by atoms with E-state index in [1.54, 1.807) is 0 Å². The molecule has 1 aromatic carbocycles. The van der Waals surface area contributed by atoms with Gasteiger partial charge in [0.25, 0.3) is 0 Å². The van der Waals surface area contributed by atoms with Crippen LogP contribution in [0.4, 0.5) is 23.2 Å². The molecule has 1 aromatic rings. The van der Waals surface area contributed by atoms with Crippen molar-refractivity contribution in [2.24, 2.45) is 5.73 Å². The molecule has 0 amide bonds.